The molecule has 0 nitrogen and oxygen atoms in total. The van der Waals surface area contributed by atoms with Gasteiger partial charge in [-0.25, -0.2) is 0 Å². The van der Waals surface area contributed by atoms with Gasteiger partial charge in [-0.3, -0.25) is 0 Å². The van der Waals surface area contributed by atoms with Crippen LogP contribution in [0.15, 0.2) is 182 Å². The van der Waals surface area contributed by atoms with Crippen molar-refractivity contribution in [3.05, 3.63) is 193 Å². The van der Waals surface area contributed by atoms with Crippen LogP contribution in [0.25, 0.3) is 88.0 Å². The molecule has 10 rings (SSSR count). The zero-order valence-electron chi connectivity index (χ0n) is 28.8. The zero-order chi connectivity index (χ0) is 34.1. The molecule has 0 aromatic heterocycles. The van der Waals surface area contributed by atoms with Gasteiger partial charge in [0.25, 0.3) is 0 Å². The van der Waals surface area contributed by atoms with Crippen molar-refractivity contribution >= 4 is 32.3 Å². The van der Waals surface area contributed by atoms with Crippen LogP contribution in [-0.4, -0.2) is 0 Å². The second-order valence-corrected chi connectivity index (χ2v) is 14.5. The molecule has 0 heterocycles. The fourth-order valence-electron chi connectivity index (χ4n) is 8.81. The van der Waals surface area contributed by atoms with Crippen molar-refractivity contribution in [2.75, 3.05) is 0 Å². The average molecular weight is 649 g/mol. The van der Waals surface area contributed by atoms with Crippen molar-refractivity contribution in [2.24, 2.45) is 0 Å². The first-order valence-corrected chi connectivity index (χ1v) is 17.9. The molecule has 1 aliphatic rings. The topological polar surface area (TPSA) is 0 Å². The fraction of sp³-hybridized carbons (Fsp3) is 0.0588. The van der Waals surface area contributed by atoms with Gasteiger partial charge in [0.05, 0.1) is 0 Å². The first-order valence-electron chi connectivity index (χ1n) is 17.9. The second kappa shape index (κ2) is 11.4. The van der Waals surface area contributed by atoms with E-state index in [4.69, 9.17) is 0 Å². The average Bonchev–Trinajstić information content (AvgIpc) is 3.42. The Morgan fingerprint density at radius 2 is 0.843 bits per heavy atom. The number of hydrogen-bond acceptors (Lipinski definition) is 0. The van der Waals surface area contributed by atoms with Gasteiger partial charge in [-0.05, 0) is 117 Å². The quantitative estimate of drug-likeness (QED) is 0.167. The summed E-state index contributed by atoms with van der Waals surface area (Å²) in [5, 5.41) is 7.60. The van der Waals surface area contributed by atoms with Crippen molar-refractivity contribution in [3.63, 3.8) is 0 Å². The van der Waals surface area contributed by atoms with Gasteiger partial charge in [0.15, 0.2) is 0 Å². The van der Waals surface area contributed by atoms with E-state index in [0.717, 1.165) is 0 Å². The van der Waals surface area contributed by atoms with E-state index in [2.05, 4.69) is 196 Å². The van der Waals surface area contributed by atoms with Gasteiger partial charge < -0.3 is 0 Å². The fourth-order valence-corrected chi connectivity index (χ4v) is 8.81. The molecule has 9 aromatic rings. The number of hydrogen-bond donors (Lipinski definition) is 0. The van der Waals surface area contributed by atoms with Crippen LogP contribution < -0.4 is 0 Å². The standard InChI is InChI=1S/C51H36/c1-51(2)47-25-11-10-21-41(47)45-32-38(27-29-48(45)51)50-43-23-9-8-22-42(43)49(44-28-26-35(31-46(44)50)33-14-4-3-5-15-33)37-19-12-18-36(30-37)40-24-13-17-34-16-6-7-20-39(34)40/h3-32H,1-2H3. The molecule has 0 saturated carbocycles. The van der Waals surface area contributed by atoms with Crippen LogP contribution in [0.2, 0.25) is 0 Å². The summed E-state index contributed by atoms with van der Waals surface area (Å²) in [5.74, 6) is 0. The predicted molar refractivity (Wildman–Crippen MR) is 218 cm³/mol. The molecule has 0 heteroatoms. The van der Waals surface area contributed by atoms with E-state index in [9.17, 15) is 0 Å². The van der Waals surface area contributed by atoms with Crippen LogP contribution in [-0.2, 0) is 5.41 Å². The van der Waals surface area contributed by atoms with E-state index < -0.39 is 0 Å². The molecule has 9 aromatic carbocycles. The smallest absolute Gasteiger partial charge is 0.0158 e. The molecular formula is C51H36. The van der Waals surface area contributed by atoms with Crippen molar-refractivity contribution in [3.8, 4) is 55.6 Å². The summed E-state index contributed by atoms with van der Waals surface area (Å²) in [7, 11) is 0. The van der Waals surface area contributed by atoms with Crippen molar-refractivity contribution in [1.82, 2.24) is 0 Å². The lowest BCUT2D eigenvalue weighted by Gasteiger charge is -2.22. The third kappa shape index (κ3) is 4.60. The number of benzene rings is 9. The molecule has 0 amide bonds. The zero-order valence-corrected chi connectivity index (χ0v) is 28.8. The normalized spacial score (nSPS) is 13.1. The van der Waals surface area contributed by atoms with Gasteiger partial charge in [-0.15, -0.1) is 0 Å². The third-order valence-corrected chi connectivity index (χ3v) is 11.3. The minimum absolute atomic E-state index is 0.0337. The van der Waals surface area contributed by atoms with Gasteiger partial charge >= 0.3 is 0 Å². The molecule has 0 atom stereocenters. The van der Waals surface area contributed by atoms with Crippen LogP contribution in [0.4, 0.5) is 0 Å². The summed E-state index contributed by atoms with van der Waals surface area (Å²) >= 11 is 0. The molecule has 51 heavy (non-hydrogen) atoms. The summed E-state index contributed by atoms with van der Waals surface area (Å²) in [6.45, 7) is 4.71. The maximum Gasteiger partial charge on any atom is 0.0158 e. The van der Waals surface area contributed by atoms with E-state index in [1.54, 1.807) is 0 Å². The van der Waals surface area contributed by atoms with E-state index in [1.165, 1.54) is 99.1 Å². The van der Waals surface area contributed by atoms with Crippen LogP contribution in [0, 0.1) is 0 Å². The maximum atomic E-state index is 2.46. The minimum atomic E-state index is -0.0337. The molecule has 0 N–H and O–H groups in total. The van der Waals surface area contributed by atoms with E-state index in [1.807, 2.05) is 0 Å². The summed E-state index contributed by atoms with van der Waals surface area (Å²) in [6, 6.07) is 67.5. The molecule has 0 radical (unpaired) electrons. The summed E-state index contributed by atoms with van der Waals surface area (Å²) in [6.07, 6.45) is 0. The highest BCUT2D eigenvalue weighted by Gasteiger charge is 2.35. The molecule has 0 spiro atoms. The third-order valence-electron chi connectivity index (χ3n) is 11.3. The molecular weight excluding hydrogens is 613 g/mol. The van der Waals surface area contributed by atoms with E-state index in [-0.39, 0.29) is 5.41 Å². The Bertz CT molecular complexity index is 2810. The minimum Gasteiger partial charge on any atom is -0.0622 e. The lowest BCUT2D eigenvalue weighted by molar-refractivity contribution is 0.660. The van der Waals surface area contributed by atoms with Crippen LogP contribution >= 0.6 is 0 Å². The predicted octanol–water partition coefficient (Wildman–Crippen LogP) is 14.1. The summed E-state index contributed by atoms with van der Waals surface area (Å²) < 4.78 is 0. The van der Waals surface area contributed by atoms with Gasteiger partial charge in [0.1, 0.15) is 0 Å². The van der Waals surface area contributed by atoms with E-state index >= 15 is 0 Å². The highest BCUT2D eigenvalue weighted by molar-refractivity contribution is 6.22. The summed E-state index contributed by atoms with van der Waals surface area (Å²) in [5.41, 5.74) is 15.4. The highest BCUT2D eigenvalue weighted by Crippen LogP contribution is 2.51. The number of rotatable bonds is 4. The largest absolute Gasteiger partial charge is 0.0622 e. The monoisotopic (exact) mass is 648 g/mol. The molecule has 240 valence electrons. The maximum absolute atomic E-state index is 2.46. The first-order chi connectivity index (χ1) is 25.1. The van der Waals surface area contributed by atoms with E-state index in [0.29, 0.717) is 0 Å². The van der Waals surface area contributed by atoms with Gasteiger partial charge in [-0.2, -0.15) is 0 Å². The highest BCUT2D eigenvalue weighted by atomic mass is 14.4. The lowest BCUT2D eigenvalue weighted by Crippen LogP contribution is -2.14. The molecule has 0 bridgehead atoms. The second-order valence-electron chi connectivity index (χ2n) is 14.5. The Hall–Kier alpha value is -6.24. The molecule has 0 saturated heterocycles. The first kappa shape index (κ1) is 29.7. The van der Waals surface area contributed by atoms with Crippen LogP contribution in [0.5, 0.6) is 0 Å². The molecule has 0 aliphatic heterocycles. The van der Waals surface area contributed by atoms with Gasteiger partial charge in [0, 0.05) is 5.41 Å². The summed E-state index contributed by atoms with van der Waals surface area (Å²) in [4.78, 5) is 0. The SMILES string of the molecule is CC1(C)c2ccccc2-c2cc(-c3c4ccccc4c(-c4cccc(-c5cccc6ccccc56)c4)c4ccc(-c5ccccc5)cc34)ccc21. The Kier molecular flexibility index (Phi) is 6.63. The Morgan fingerprint density at radius 3 is 1.69 bits per heavy atom. The Labute approximate surface area is 299 Å². The molecule has 0 unspecified atom stereocenters. The number of fused-ring (bicyclic) bond motifs is 6. The van der Waals surface area contributed by atoms with Crippen LogP contribution in [0.1, 0.15) is 25.0 Å². The Balaban J connectivity index is 1.27. The van der Waals surface area contributed by atoms with Gasteiger partial charge in [0.2, 0.25) is 0 Å². The lowest BCUT2D eigenvalue weighted by atomic mass is 9.81. The van der Waals surface area contributed by atoms with Crippen molar-refractivity contribution in [2.45, 2.75) is 19.3 Å². The van der Waals surface area contributed by atoms with Gasteiger partial charge in [-0.1, -0.05) is 178 Å². The van der Waals surface area contributed by atoms with Crippen molar-refractivity contribution < 1.29 is 0 Å². The van der Waals surface area contributed by atoms with Crippen LogP contribution in [0.3, 0.4) is 0 Å². The molecule has 1 aliphatic carbocycles. The Morgan fingerprint density at radius 1 is 0.294 bits per heavy atom. The molecule has 0 fully saturated rings. The van der Waals surface area contributed by atoms with Crippen molar-refractivity contribution in [1.29, 1.82) is 0 Å².